The summed E-state index contributed by atoms with van der Waals surface area (Å²) in [6.07, 6.45) is 10.4. The molecule has 3 heteroatoms. The quantitative estimate of drug-likeness (QED) is 0.700. The summed E-state index contributed by atoms with van der Waals surface area (Å²) < 4.78 is 2.20. The molecular weight excluding hydrogens is 162 g/mol. The van der Waals surface area contributed by atoms with Gasteiger partial charge in [-0.25, -0.2) is 4.98 Å². The second kappa shape index (κ2) is 3.34. The van der Waals surface area contributed by atoms with E-state index in [-0.39, 0.29) is 6.04 Å². The van der Waals surface area contributed by atoms with E-state index in [9.17, 15) is 0 Å². The molecule has 0 aromatic carbocycles. The number of aromatic nitrogens is 2. The summed E-state index contributed by atoms with van der Waals surface area (Å²) in [6, 6.07) is 0.617. The summed E-state index contributed by atoms with van der Waals surface area (Å²) in [5.41, 5.74) is 6.98. The van der Waals surface area contributed by atoms with Crippen LogP contribution in [0.3, 0.4) is 0 Å². The van der Waals surface area contributed by atoms with Crippen LogP contribution in [0.1, 0.15) is 37.5 Å². The van der Waals surface area contributed by atoms with Crippen molar-refractivity contribution in [2.45, 2.75) is 31.8 Å². The van der Waals surface area contributed by atoms with Crippen LogP contribution in [-0.2, 0) is 0 Å². The summed E-state index contributed by atoms with van der Waals surface area (Å²) in [4.78, 5) is 4.14. The zero-order chi connectivity index (χ0) is 9.26. The predicted octanol–water partition coefficient (Wildman–Crippen LogP) is 1.79. The lowest BCUT2D eigenvalue weighted by Crippen LogP contribution is -2.14. The number of hydrogen-bond acceptors (Lipinski definition) is 2. The van der Waals surface area contributed by atoms with Crippen LogP contribution in [0.25, 0.3) is 0 Å². The minimum Gasteiger partial charge on any atom is -0.329 e. The van der Waals surface area contributed by atoms with Crippen LogP contribution < -0.4 is 5.73 Å². The maximum Gasteiger partial charge on any atom is 0.0951 e. The van der Waals surface area contributed by atoms with Crippen molar-refractivity contribution in [3.05, 3.63) is 30.4 Å². The molecule has 1 aliphatic carbocycles. The summed E-state index contributed by atoms with van der Waals surface area (Å²) in [5, 5.41) is 0. The summed E-state index contributed by atoms with van der Waals surface area (Å²) in [6.45, 7) is 2.00. The van der Waals surface area contributed by atoms with Crippen LogP contribution in [0.4, 0.5) is 0 Å². The molecule has 70 valence electrons. The minimum absolute atomic E-state index is 0.0723. The fourth-order valence-corrected chi connectivity index (χ4v) is 1.80. The largest absolute Gasteiger partial charge is 0.329 e. The van der Waals surface area contributed by atoms with Crippen molar-refractivity contribution >= 4 is 0 Å². The van der Waals surface area contributed by atoms with E-state index in [1.54, 1.807) is 0 Å². The van der Waals surface area contributed by atoms with Gasteiger partial charge in [-0.05, 0) is 19.8 Å². The van der Waals surface area contributed by atoms with Crippen molar-refractivity contribution in [2.75, 3.05) is 0 Å². The lowest BCUT2D eigenvalue weighted by atomic mass is 10.2. The highest BCUT2D eigenvalue weighted by molar-refractivity contribution is 5.08. The molecule has 1 aromatic heterocycles. The lowest BCUT2D eigenvalue weighted by molar-refractivity contribution is 0.503. The van der Waals surface area contributed by atoms with E-state index in [1.807, 2.05) is 19.4 Å². The van der Waals surface area contributed by atoms with E-state index in [2.05, 4.69) is 21.7 Å². The van der Waals surface area contributed by atoms with Crippen LogP contribution in [0.2, 0.25) is 0 Å². The van der Waals surface area contributed by atoms with E-state index >= 15 is 0 Å². The first-order valence-corrected chi connectivity index (χ1v) is 4.71. The molecule has 0 spiro atoms. The first kappa shape index (κ1) is 8.51. The normalized spacial score (nSPS) is 19.5. The Balaban J connectivity index is 2.24. The van der Waals surface area contributed by atoms with Crippen molar-refractivity contribution < 1.29 is 0 Å². The molecule has 3 nitrogen and oxygen atoms in total. The molecular formula is C10H15N3. The van der Waals surface area contributed by atoms with Gasteiger partial charge in [0.25, 0.3) is 0 Å². The number of allylic oxidation sites excluding steroid dienone is 2. The third-order valence-electron chi connectivity index (χ3n) is 2.54. The molecule has 13 heavy (non-hydrogen) atoms. The number of imidazole rings is 1. The van der Waals surface area contributed by atoms with Crippen LogP contribution in [0.15, 0.2) is 24.7 Å². The highest BCUT2D eigenvalue weighted by atomic mass is 15.1. The molecule has 0 amide bonds. The molecule has 0 bridgehead atoms. The molecule has 0 radical (unpaired) electrons. The average molecular weight is 177 g/mol. The summed E-state index contributed by atoms with van der Waals surface area (Å²) in [5.74, 6) is 0. The van der Waals surface area contributed by atoms with Crippen molar-refractivity contribution in [1.29, 1.82) is 0 Å². The number of nitrogens with zero attached hydrogens (tertiary/aromatic N) is 2. The number of nitrogens with two attached hydrogens (primary N) is 1. The van der Waals surface area contributed by atoms with Gasteiger partial charge in [0, 0.05) is 18.3 Å². The Kier molecular flexibility index (Phi) is 2.19. The van der Waals surface area contributed by atoms with Crippen molar-refractivity contribution in [2.24, 2.45) is 5.73 Å². The Morgan fingerprint density at radius 2 is 2.23 bits per heavy atom. The minimum atomic E-state index is 0.0723. The van der Waals surface area contributed by atoms with Crippen molar-refractivity contribution in [3.63, 3.8) is 0 Å². The van der Waals surface area contributed by atoms with Crippen LogP contribution in [0.5, 0.6) is 0 Å². The fourth-order valence-electron chi connectivity index (χ4n) is 1.80. The second-order valence-electron chi connectivity index (χ2n) is 3.61. The smallest absolute Gasteiger partial charge is 0.0951 e. The Hall–Kier alpha value is -1.09. The van der Waals surface area contributed by atoms with E-state index in [0.29, 0.717) is 6.04 Å². The van der Waals surface area contributed by atoms with E-state index < -0.39 is 0 Å². The number of rotatable bonds is 2. The number of hydrogen-bond donors (Lipinski definition) is 1. The van der Waals surface area contributed by atoms with Gasteiger partial charge in [0.1, 0.15) is 0 Å². The molecule has 2 rings (SSSR count). The van der Waals surface area contributed by atoms with Crippen LogP contribution >= 0.6 is 0 Å². The van der Waals surface area contributed by atoms with Gasteiger partial charge >= 0.3 is 0 Å². The van der Waals surface area contributed by atoms with Gasteiger partial charge < -0.3 is 10.3 Å². The van der Waals surface area contributed by atoms with Gasteiger partial charge in [0.2, 0.25) is 0 Å². The SMILES string of the molecule is C[C@H](N)c1cncn1C1CC=CC1. The lowest BCUT2D eigenvalue weighted by Gasteiger charge is -2.16. The third-order valence-corrected chi connectivity index (χ3v) is 2.54. The van der Waals surface area contributed by atoms with Gasteiger partial charge in [0.05, 0.1) is 12.0 Å². The van der Waals surface area contributed by atoms with Crippen molar-refractivity contribution in [1.82, 2.24) is 9.55 Å². The molecule has 0 saturated carbocycles. The summed E-state index contributed by atoms with van der Waals surface area (Å²) >= 11 is 0. The van der Waals surface area contributed by atoms with Gasteiger partial charge in [0.15, 0.2) is 0 Å². The van der Waals surface area contributed by atoms with Crippen LogP contribution in [0, 0.1) is 0 Å². The molecule has 1 aliphatic rings. The van der Waals surface area contributed by atoms with E-state index in [0.717, 1.165) is 18.5 Å². The molecule has 1 heterocycles. The second-order valence-corrected chi connectivity index (χ2v) is 3.61. The molecule has 1 aromatic rings. The molecule has 0 fully saturated rings. The summed E-state index contributed by atoms with van der Waals surface area (Å²) in [7, 11) is 0. The monoisotopic (exact) mass is 177 g/mol. The fraction of sp³-hybridized carbons (Fsp3) is 0.500. The van der Waals surface area contributed by atoms with E-state index in [1.165, 1.54) is 0 Å². The Morgan fingerprint density at radius 3 is 2.85 bits per heavy atom. The molecule has 0 unspecified atom stereocenters. The standard InChI is InChI=1S/C10H15N3/c1-8(11)10-6-12-7-13(10)9-4-2-3-5-9/h2-3,6-9H,4-5,11H2,1H3/t8-/m0/s1. The van der Waals surface area contributed by atoms with Gasteiger partial charge in [-0.15, -0.1) is 0 Å². The Bertz CT molecular complexity index is 304. The van der Waals surface area contributed by atoms with E-state index in [4.69, 9.17) is 5.73 Å². The predicted molar refractivity (Wildman–Crippen MR) is 52.2 cm³/mol. The zero-order valence-corrected chi connectivity index (χ0v) is 7.85. The van der Waals surface area contributed by atoms with Gasteiger partial charge in [-0.1, -0.05) is 12.2 Å². The molecule has 2 N–H and O–H groups in total. The molecule has 1 atom stereocenters. The zero-order valence-electron chi connectivity index (χ0n) is 7.85. The van der Waals surface area contributed by atoms with Gasteiger partial charge in [-0.3, -0.25) is 0 Å². The average Bonchev–Trinajstić information content (AvgIpc) is 2.74. The first-order valence-electron chi connectivity index (χ1n) is 4.71. The maximum absolute atomic E-state index is 5.85. The highest BCUT2D eigenvalue weighted by Gasteiger charge is 2.16. The maximum atomic E-state index is 5.85. The topological polar surface area (TPSA) is 43.8 Å². The third kappa shape index (κ3) is 1.52. The van der Waals surface area contributed by atoms with Crippen LogP contribution in [-0.4, -0.2) is 9.55 Å². The van der Waals surface area contributed by atoms with Gasteiger partial charge in [-0.2, -0.15) is 0 Å². The van der Waals surface area contributed by atoms with Crippen molar-refractivity contribution in [3.8, 4) is 0 Å². The first-order chi connectivity index (χ1) is 6.29. The molecule has 0 aliphatic heterocycles. The highest BCUT2D eigenvalue weighted by Crippen LogP contribution is 2.26. The Labute approximate surface area is 78.3 Å². The molecule has 0 saturated heterocycles. The Morgan fingerprint density at radius 1 is 1.54 bits per heavy atom.